The Bertz CT molecular complexity index is 1130. The molecule has 0 aliphatic rings. The molecule has 0 saturated carbocycles. The maximum Gasteiger partial charge on any atom is 0.227 e. The molecule has 1 heterocycles. The molecule has 1 amide bonds. The minimum absolute atomic E-state index is 0.00471. The molecule has 4 rings (SSSR count). The minimum Gasteiger partial charge on any atom is -0.457 e. The van der Waals surface area contributed by atoms with Gasteiger partial charge < -0.3 is 14.8 Å². The first-order valence-electron chi connectivity index (χ1n) is 14.5. The number of carbonyl (C=O) groups is 2. The van der Waals surface area contributed by atoms with E-state index in [0.717, 1.165) is 31.2 Å². The summed E-state index contributed by atoms with van der Waals surface area (Å²) in [5.74, 6) is 0.938. The third-order valence-electron chi connectivity index (χ3n) is 4.98. The molecule has 0 spiro atoms. The summed E-state index contributed by atoms with van der Waals surface area (Å²) in [7, 11) is 0. The van der Waals surface area contributed by atoms with Crippen molar-refractivity contribution in [2.24, 2.45) is 5.92 Å². The van der Waals surface area contributed by atoms with Crippen LogP contribution < -0.4 is 10.1 Å². The number of ether oxygens (including phenoxy) is 1. The number of carbonyl (C=O) groups excluding carboxylic acids is 2. The highest BCUT2D eigenvalue weighted by molar-refractivity contribution is 5.92. The van der Waals surface area contributed by atoms with Gasteiger partial charge in [0.25, 0.3) is 0 Å². The van der Waals surface area contributed by atoms with Gasteiger partial charge in [-0.2, -0.15) is 15.0 Å². The van der Waals surface area contributed by atoms with E-state index in [2.05, 4.69) is 36.3 Å². The SMILES string of the molecule is CC.CCC.CCCCC(C)C(=O)Nc1ccc(Oc2ccc(F)cc2)cc1.O=CCn1nccn1.c1ccccc1. The van der Waals surface area contributed by atoms with Gasteiger partial charge in [-0.05, 0) is 55.0 Å². The Morgan fingerprint density at radius 3 is 1.76 bits per heavy atom. The molecular formula is C34H47FN4O3. The van der Waals surface area contributed by atoms with E-state index in [1.807, 2.05) is 57.2 Å². The third-order valence-corrected chi connectivity index (χ3v) is 4.98. The predicted octanol–water partition coefficient (Wildman–Crippen LogP) is 8.99. The van der Waals surface area contributed by atoms with Crippen LogP contribution in [0.3, 0.4) is 0 Å². The van der Waals surface area contributed by atoms with Gasteiger partial charge in [-0.15, -0.1) is 0 Å². The van der Waals surface area contributed by atoms with E-state index in [1.54, 1.807) is 36.4 Å². The van der Waals surface area contributed by atoms with Gasteiger partial charge >= 0.3 is 0 Å². The molecule has 42 heavy (non-hydrogen) atoms. The lowest BCUT2D eigenvalue weighted by Crippen LogP contribution is -2.20. The number of anilines is 1. The normalized spacial score (nSPS) is 9.88. The van der Waals surface area contributed by atoms with Crippen LogP contribution in [0.1, 0.15) is 67.2 Å². The Labute approximate surface area is 251 Å². The summed E-state index contributed by atoms with van der Waals surface area (Å²) in [4.78, 5) is 23.1. The molecular weight excluding hydrogens is 531 g/mol. The van der Waals surface area contributed by atoms with Crippen LogP contribution in [0, 0.1) is 11.7 Å². The number of nitrogens with one attached hydrogen (secondary N) is 1. The van der Waals surface area contributed by atoms with Crippen LogP contribution in [0.2, 0.25) is 0 Å². The maximum atomic E-state index is 12.8. The van der Waals surface area contributed by atoms with Gasteiger partial charge in [-0.25, -0.2) is 4.39 Å². The summed E-state index contributed by atoms with van der Waals surface area (Å²) >= 11 is 0. The number of aldehydes is 1. The van der Waals surface area contributed by atoms with Crippen LogP contribution in [-0.4, -0.2) is 27.2 Å². The molecule has 4 aromatic rings. The number of hydrogen-bond donors (Lipinski definition) is 1. The lowest BCUT2D eigenvalue weighted by atomic mass is 10.0. The first-order valence-corrected chi connectivity index (χ1v) is 14.5. The Morgan fingerprint density at radius 1 is 0.881 bits per heavy atom. The molecule has 0 aliphatic carbocycles. The number of nitrogens with zero attached hydrogens (tertiary/aromatic N) is 3. The van der Waals surface area contributed by atoms with Gasteiger partial charge in [0.2, 0.25) is 5.91 Å². The summed E-state index contributed by atoms with van der Waals surface area (Å²) in [5, 5.41) is 10.3. The van der Waals surface area contributed by atoms with Gasteiger partial charge in [-0.1, -0.05) is 97.2 Å². The zero-order valence-electron chi connectivity index (χ0n) is 25.9. The van der Waals surface area contributed by atoms with Gasteiger partial charge in [-0.3, -0.25) is 4.79 Å². The summed E-state index contributed by atoms with van der Waals surface area (Å²) in [6.45, 7) is 12.6. The molecule has 0 saturated heterocycles. The standard InChI is InChI=1S/C19H22FNO2.C6H6.C4H5N3O.C3H8.C2H6/c1-3-4-5-14(2)19(22)21-16-8-12-18(13-9-16)23-17-10-6-15(20)7-11-17;1-2-4-6-5-3-1;8-4-3-7-5-1-2-6-7;1-3-2;1-2/h6-14H,3-5H2,1-2H3,(H,21,22);1-6H;1-2,4H,3H2;3H2,1-2H3;1-2H3. The highest BCUT2D eigenvalue weighted by Gasteiger charge is 2.12. The van der Waals surface area contributed by atoms with Crippen molar-refractivity contribution in [3.63, 3.8) is 0 Å². The van der Waals surface area contributed by atoms with Crippen molar-refractivity contribution in [1.29, 1.82) is 0 Å². The third kappa shape index (κ3) is 18.9. The smallest absolute Gasteiger partial charge is 0.227 e. The van der Waals surface area contributed by atoms with E-state index in [-0.39, 0.29) is 24.2 Å². The second kappa shape index (κ2) is 25.6. The van der Waals surface area contributed by atoms with Gasteiger partial charge in [0.15, 0.2) is 0 Å². The molecule has 8 heteroatoms. The van der Waals surface area contributed by atoms with E-state index >= 15 is 0 Å². The largest absolute Gasteiger partial charge is 0.457 e. The molecule has 3 aromatic carbocycles. The number of unbranched alkanes of at least 4 members (excludes halogenated alkanes) is 1. The summed E-state index contributed by atoms with van der Waals surface area (Å²) in [5.41, 5.74) is 0.741. The number of aromatic nitrogens is 3. The van der Waals surface area contributed by atoms with Crippen molar-refractivity contribution >= 4 is 17.9 Å². The molecule has 1 unspecified atom stereocenters. The van der Waals surface area contributed by atoms with Crippen molar-refractivity contribution in [2.45, 2.75) is 73.8 Å². The summed E-state index contributed by atoms with van der Waals surface area (Å²) < 4.78 is 18.5. The lowest BCUT2D eigenvalue weighted by Gasteiger charge is -2.12. The van der Waals surface area contributed by atoms with Crippen LogP contribution >= 0.6 is 0 Å². The zero-order valence-corrected chi connectivity index (χ0v) is 25.9. The summed E-state index contributed by atoms with van der Waals surface area (Å²) in [6, 6.07) is 25.0. The Hall–Kier alpha value is -4.33. The van der Waals surface area contributed by atoms with E-state index < -0.39 is 0 Å². The first-order chi connectivity index (χ1) is 20.4. The molecule has 1 atom stereocenters. The average Bonchev–Trinajstić information content (AvgIpc) is 3.54. The fraction of sp³-hybridized carbons (Fsp3) is 0.353. The fourth-order valence-electron chi connectivity index (χ4n) is 2.94. The first kappa shape index (κ1) is 37.7. The monoisotopic (exact) mass is 578 g/mol. The van der Waals surface area contributed by atoms with Crippen LogP contribution in [0.5, 0.6) is 11.5 Å². The molecule has 7 nitrogen and oxygen atoms in total. The van der Waals surface area contributed by atoms with Crippen molar-refractivity contribution in [1.82, 2.24) is 15.0 Å². The second-order valence-electron chi connectivity index (χ2n) is 8.73. The van der Waals surface area contributed by atoms with Crippen molar-refractivity contribution in [2.75, 3.05) is 5.32 Å². The van der Waals surface area contributed by atoms with Crippen LogP contribution in [0.4, 0.5) is 10.1 Å². The van der Waals surface area contributed by atoms with Crippen molar-refractivity contribution in [3.8, 4) is 11.5 Å². The minimum atomic E-state index is -0.299. The molecule has 0 radical (unpaired) electrons. The van der Waals surface area contributed by atoms with Crippen LogP contribution in [0.15, 0.2) is 97.3 Å². The Balaban J connectivity index is 0.000000714. The van der Waals surface area contributed by atoms with E-state index in [4.69, 9.17) is 4.74 Å². The quantitative estimate of drug-likeness (QED) is 0.200. The van der Waals surface area contributed by atoms with E-state index in [0.29, 0.717) is 11.5 Å². The van der Waals surface area contributed by atoms with Gasteiger partial charge in [0.05, 0.1) is 12.4 Å². The highest BCUT2D eigenvalue weighted by atomic mass is 19.1. The molecule has 0 fully saturated rings. The number of rotatable bonds is 9. The van der Waals surface area contributed by atoms with Crippen molar-refractivity contribution in [3.05, 3.63) is 103 Å². The molecule has 1 N–H and O–H groups in total. The average molecular weight is 579 g/mol. The molecule has 1 aromatic heterocycles. The maximum absolute atomic E-state index is 12.8. The van der Waals surface area contributed by atoms with E-state index in [9.17, 15) is 14.0 Å². The predicted molar refractivity (Wildman–Crippen MR) is 170 cm³/mol. The lowest BCUT2D eigenvalue weighted by molar-refractivity contribution is -0.119. The van der Waals surface area contributed by atoms with Gasteiger partial charge in [0, 0.05) is 11.6 Å². The van der Waals surface area contributed by atoms with E-state index in [1.165, 1.54) is 35.7 Å². The zero-order chi connectivity index (χ0) is 31.4. The Kier molecular flexibility index (Phi) is 23.0. The molecule has 0 bridgehead atoms. The fourth-order valence-corrected chi connectivity index (χ4v) is 2.94. The Morgan fingerprint density at radius 2 is 1.33 bits per heavy atom. The number of amides is 1. The van der Waals surface area contributed by atoms with Crippen LogP contribution in [0.25, 0.3) is 0 Å². The summed E-state index contributed by atoms with van der Waals surface area (Å²) in [6.07, 6.45) is 8.10. The number of halogens is 1. The second-order valence-corrected chi connectivity index (χ2v) is 8.73. The number of benzene rings is 3. The highest BCUT2D eigenvalue weighted by Crippen LogP contribution is 2.23. The molecule has 228 valence electrons. The van der Waals surface area contributed by atoms with Crippen LogP contribution in [-0.2, 0) is 16.1 Å². The van der Waals surface area contributed by atoms with Gasteiger partial charge in [0.1, 0.15) is 30.1 Å². The van der Waals surface area contributed by atoms with Crippen molar-refractivity contribution < 1.29 is 18.7 Å². The number of hydrogen-bond acceptors (Lipinski definition) is 5. The topological polar surface area (TPSA) is 86.1 Å². The molecule has 0 aliphatic heterocycles.